The van der Waals surface area contributed by atoms with Crippen molar-refractivity contribution in [3.05, 3.63) is 10.9 Å². The summed E-state index contributed by atoms with van der Waals surface area (Å²) in [6, 6.07) is 2.17. The van der Waals surface area contributed by atoms with E-state index >= 15 is 0 Å². The Hall–Kier alpha value is -1.36. The Morgan fingerprint density at radius 1 is 1.50 bits per heavy atom. The number of rotatable bonds is 2. The number of fused-ring (bicyclic) bond motifs is 1. The number of hydrogen-bond donors (Lipinski definition) is 1. The van der Waals surface area contributed by atoms with Crippen molar-refractivity contribution in [2.75, 3.05) is 23.7 Å². The topological polar surface area (TPSA) is 55.0 Å². The Morgan fingerprint density at radius 3 is 3.06 bits per heavy atom. The molecule has 0 spiro atoms. The minimum Gasteiger partial charge on any atom is -0.368 e. The number of aryl methyl sites for hydroxylation is 1. The lowest BCUT2D eigenvalue weighted by molar-refractivity contribution is 0.569. The summed E-state index contributed by atoms with van der Waals surface area (Å²) in [5.41, 5.74) is 5.83. The molecule has 1 unspecified atom stereocenters. The Morgan fingerprint density at radius 2 is 2.33 bits per heavy atom. The molecule has 2 aromatic rings. The van der Waals surface area contributed by atoms with Crippen molar-refractivity contribution in [1.82, 2.24) is 9.97 Å². The Balaban J connectivity index is 2.05. The number of aromatic nitrogens is 2. The van der Waals surface area contributed by atoms with Gasteiger partial charge in [0.15, 0.2) is 0 Å². The highest BCUT2D eigenvalue weighted by molar-refractivity contribution is 7.18. The summed E-state index contributed by atoms with van der Waals surface area (Å²) in [5.74, 6) is 2.20. The molecular formula is C13H18N4S. The number of thiophene rings is 1. The molecule has 18 heavy (non-hydrogen) atoms. The molecule has 1 atom stereocenters. The standard InChI is InChI=1S/C13H18N4S/c1-3-9-4-5-17(7-9)11-10-6-8(2)18-12(10)16-13(14)15-11/h6,9H,3-5,7H2,1-2H3,(H2,14,15,16). The fourth-order valence-electron chi connectivity index (χ4n) is 2.64. The molecule has 0 aliphatic carbocycles. The van der Waals surface area contributed by atoms with Crippen molar-refractivity contribution < 1.29 is 0 Å². The van der Waals surface area contributed by atoms with Gasteiger partial charge < -0.3 is 10.6 Å². The predicted molar refractivity (Wildman–Crippen MR) is 77.2 cm³/mol. The third-order valence-electron chi connectivity index (χ3n) is 3.68. The second kappa shape index (κ2) is 4.39. The molecule has 0 radical (unpaired) electrons. The van der Waals surface area contributed by atoms with Crippen molar-refractivity contribution in [3.63, 3.8) is 0 Å². The largest absolute Gasteiger partial charge is 0.368 e. The zero-order valence-corrected chi connectivity index (χ0v) is 11.6. The molecular weight excluding hydrogens is 244 g/mol. The van der Waals surface area contributed by atoms with Crippen LogP contribution in [0.4, 0.5) is 11.8 Å². The fraction of sp³-hybridized carbons (Fsp3) is 0.538. The average Bonchev–Trinajstić information content (AvgIpc) is 2.93. The van der Waals surface area contributed by atoms with Crippen LogP contribution < -0.4 is 10.6 Å². The summed E-state index contributed by atoms with van der Waals surface area (Å²) in [4.78, 5) is 13.4. The summed E-state index contributed by atoms with van der Waals surface area (Å²) >= 11 is 1.69. The predicted octanol–water partition coefficient (Wildman–Crippen LogP) is 2.82. The van der Waals surface area contributed by atoms with E-state index in [1.807, 2.05) is 0 Å². The van der Waals surface area contributed by atoms with Gasteiger partial charge in [0.05, 0.1) is 5.39 Å². The van der Waals surface area contributed by atoms with Crippen LogP contribution in [0.5, 0.6) is 0 Å². The van der Waals surface area contributed by atoms with Crippen LogP contribution in [-0.4, -0.2) is 23.1 Å². The SMILES string of the molecule is CCC1CCN(c2nc(N)nc3sc(C)cc23)C1. The maximum atomic E-state index is 5.83. The van der Waals surface area contributed by atoms with E-state index in [1.165, 1.54) is 17.7 Å². The molecule has 96 valence electrons. The molecule has 5 heteroatoms. The van der Waals surface area contributed by atoms with Gasteiger partial charge >= 0.3 is 0 Å². The van der Waals surface area contributed by atoms with Crippen molar-refractivity contribution in [2.45, 2.75) is 26.7 Å². The third-order valence-corrected chi connectivity index (χ3v) is 4.62. The summed E-state index contributed by atoms with van der Waals surface area (Å²) < 4.78 is 0. The molecule has 1 fully saturated rings. The fourth-order valence-corrected chi connectivity index (χ4v) is 3.52. The van der Waals surface area contributed by atoms with Crippen LogP contribution in [0.15, 0.2) is 6.07 Å². The van der Waals surface area contributed by atoms with Gasteiger partial charge in [-0.15, -0.1) is 11.3 Å². The van der Waals surface area contributed by atoms with Gasteiger partial charge in [-0.1, -0.05) is 13.3 Å². The van der Waals surface area contributed by atoms with Gasteiger partial charge in [0.25, 0.3) is 0 Å². The molecule has 1 saturated heterocycles. The van der Waals surface area contributed by atoms with Gasteiger partial charge in [-0.3, -0.25) is 0 Å². The number of anilines is 2. The maximum absolute atomic E-state index is 5.83. The smallest absolute Gasteiger partial charge is 0.223 e. The minimum atomic E-state index is 0.388. The van der Waals surface area contributed by atoms with E-state index in [-0.39, 0.29) is 0 Å². The van der Waals surface area contributed by atoms with Crippen molar-refractivity contribution >= 4 is 33.3 Å². The molecule has 0 saturated carbocycles. The Kier molecular flexibility index (Phi) is 2.86. The molecule has 1 aliphatic rings. The number of nitrogen functional groups attached to an aromatic ring is 1. The monoisotopic (exact) mass is 262 g/mol. The zero-order chi connectivity index (χ0) is 12.7. The van der Waals surface area contributed by atoms with Crippen molar-refractivity contribution in [1.29, 1.82) is 0 Å². The average molecular weight is 262 g/mol. The van der Waals surface area contributed by atoms with Gasteiger partial charge in [-0.2, -0.15) is 4.98 Å². The van der Waals surface area contributed by atoms with E-state index in [1.54, 1.807) is 11.3 Å². The first-order valence-electron chi connectivity index (χ1n) is 6.46. The number of hydrogen-bond acceptors (Lipinski definition) is 5. The molecule has 0 aromatic carbocycles. The van der Waals surface area contributed by atoms with Gasteiger partial charge in [-0.05, 0) is 25.3 Å². The normalized spacial score (nSPS) is 19.9. The first kappa shape index (κ1) is 11.7. The van der Waals surface area contributed by atoms with E-state index in [4.69, 9.17) is 5.73 Å². The first-order valence-corrected chi connectivity index (χ1v) is 7.27. The third kappa shape index (κ3) is 1.92. The Labute approximate surface area is 111 Å². The van der Waals surface area contributed by atoms with Crippen LogP contribution in [0, 0.1) is 12.8 Å². The van der Waals surface area contributed by atoms with Crippen LogP contribution in [0.3, 0.4) is 0 Å². The molecule has 0 amide bonds. The lowest BCUT2D eigenvalue weighted by Gasteiger charge is -2.18. The molecule has 3 rings (SSSR count). The van der Waals surface area contributed by atoms with Crippen LogP contribution in [0.1, 0.15) is 24.6 Å². The highest BCUT2D eigenvalue weighted by atomic mass is 32.1. The summed E-state index contributed by atoms with van der Waals surface area (Å²) in [7, 11) is 0. The second-order valence-corrected chi connectivity index (χ2v) is 6.23. The minimum absolute atomic E-state index is 0.388. The summed E-state index contributed by atoms with van der Waals surface area (Å²) in [6.45, 7) is 6.54. The lowest BCUT2D eigenvalue weighted by atomic mass is 10.1. The van der Waals surface area contributed by atoms with Gasteiger partial charge in [0.2, 0.25) is 5.95 Å². The molecule has 2 aromatic heterocycles. The summed E-state index contributed by atoms with van der Waals surface area (Å²) in [6.07, 6.45) is 2.49. The highest BCUT2D eigenvalue weighted by Gasteiger charge is 2.24. The highest BCUT2D eigenvalue weighted by Crippen LogP contribution is 2.34. The quantitative estimate of drug-likeness (QED) is 0.904. The zero-order valence-electron chi connectivity index (χ0n) is 10.8. The van der Waals surface area contributed by atoms with Crippen molar-refractivity contribution in [3.8, 4) is 0 Å². The first-order chi connectivity index (χ1) is 8.67. The molecule has 4 nitrogen and oxygen atoms in total. The summed E-state index contributed by atoms with van der Waals surface area (Å²) in [5, 5.41) is 1.16. The van der Waals surface area contributed by atoms with Crippen LogP contribution >= 0.6 is 11.3 Å². The molecule has 2 N–H and O–H groups in total. The van der Waals surface area contributed by atoms with E-state index < -0.39 is 0 Å². The Bertz CT molecular complexity index is 578. The number of nitrogens with two attached hydrogens (primary N) is 1. The number of nitrogens with zero attached hydrogens (tertiary/aromatic N) is 3. The van der Waals surface area contributed by atoms with Gasteiger partial charge in [-0.25, -0.2) is 4.98 Å². The van der Waals surface area contributed by atoms with Crippen molar-refractivity contribution in [2.24, 2.45) is 5.92 Å². The molecule has 3 heterocycles. The van der Waals surface area contributed by atoms with Gasteiger partial charge in [0, 0.05) is 18.0 Å². The molecule has 0 bridgehead atoms. The van der Waals surface area contributed by atoms with E-state index in [0.717, 1.165) is 35.0 Å². The van der Waals surface area contributed by atoms with Crippen LogP contribution in [0.2, 0.25) is 0 Å². The maximum Gasteiger partial charge on any atom is 0.223 e. The van der Waals surface area contributed by atoms with Crippen LogP contribution in [-0.2, 0) is 0 Å². The second-order valence-electron chi connectivity index (χ2n) is 4.99. The lowest BCUT2D eigenvalue weighted by Crippen LogP contribution is -2.21. The van der Waals surface area contributed by atoms with Gasteiger partial charge in [0.1, 0.15) is 10.6 Å². The van der Waals surface area contributed by atoms with E-state index in [2.05, 4.69) is 34.8 Å². The van der Waals surface area contributed by atoms with E-state index in [0.29, 0.717) is 5.95 Å². The molecule has 1 aliphatic heterocycles. The van der Waals surface area contributed by atoms with E-state index in [9.17, 15) is 0 Å². The van der Waals surface area contributed by atoms with Crippen LogP contribution in [0.25, 0.3) is 10.2 Å².